The average Bonchev–Trinajstić information content (AvgIpc) is 3.28. The highest BCUT2D eigenvalue weighted by Crippen LogP contribution is 2.40. The van der Waals surface area contributed by atoms with Gasteiger partial charge in [0, 0.05) is 38.0 Å². The van der Waals surface area contributed by atoms with E-state index < -0.39 is 0 Å². The van der Waals surface area contributed by atoms with Gasteiger partial charge >= 0.3 is 0 Å². The van der Waals surface area contributed by atoms with Crippen LogP contribution in [0.1, 0.15) is 48.6 Å². The molecule has 148 valence electrons. The molecule has 1 saturated carbocycles. The Bertz CT molecular complexity index is 737. The molecule has 0 bridgehead atoms. The number of rotatable bonds is 7. The molecule has 0 amide bonds. The van der Waals surface area contributed by atoms with Gasteiger partial charge in [0.15, 0.2) is 5.96 Å². The monoisotopic (exact) mass is 500 g/mol. The number of thiazole rings is 1. The summed E-state index contributed by atoms with van der Waals surface area (Å²) in [6.45, 7) is 5.59. The van der Waals surface area contributed by atoms with Crippen molar-refractivity contribution in [3.63, 3.8) is 0 Å². The molecule has 1 aromatic carbocycles. The molecule has 1 aliphatic rings. The average molecular weight is 500 g/mol. The Balaban J connectivity index is 0.00000261. The molecule has 0 aliphatic heterocycles. The lowest BCUT2D eigenvalue weighted by molar-refractivity contribution is 0.119. The highest BCUT2D eigenvalue weighted by molar-refractivity contribution is 14.0. The molecule has 0 saturated heterocycles. The first-order valence-electron chi connectivity index (χ1n) is 9.16. The Labute approximate surface area is 183 Å². The number of halogens is 1. The Morgan fingerprint density at radius 2 is 2.15 bits per heavy atom. The Morgan fingerprint density at radius 1 is 1.41 bits per heavy atom. The van der Waals surface area contributed by atoms with Crippen molar-refractivity contribution in [3.8, 4) is 0 Å². The number of aliphatic imine (C=N–C) groups is 1. The number of hydrogen-bond donors (Lipinski definition) is 1. The molecule has 5 nitrogen and oxygen atoms in total. The molecule has 2 aromatic rings. The second-order valence-electron chi connectivity index (χ2n) is 6.71. The lowest BCUT2D eigenvalue weighted by Crippen LogP contribution is -2.40. The summed E-state index contributed by atoms with van der Waals surface area (Å²) in [5.74, 6) is 1.53. The molecule has 1 fully saturated rings. The van der Waals surface area contributed by atoms with Crippen LogP contribution in [0.2, 0.25) is 0 Å². The van der Waals surface area contributed by atoms with Crippen molar-refractivity contribution in [2.75, 3.05) is 20.7 Å². The minimum atomic E-state index is 0. The molecule has 1 heterocycles. The molecular formula is C20H29IN4OS. The third-order valence-corrected chi connectivity index (χ3v) is 5.73. The van der Waals surface area contributed by atoms with E-state index in [1.807, 2.05) is 6.92 Å². The fraction of sp³-hybridized carbons (Fsp3) is 0.500. The van der Waals surface area contributed by atoms with Crippen molar-refractivity contribution in [2.45, 2.75) is 44.9 Å². The molecule has 0 radical (unpaired) electrons. The molecule has 27 heavy (non-hydrogen) atoms. The number of aromatic nitrogens is 1. The van der Waals surface area contributed by atoms with E-state index in [0.29, 0.717) is 12.0 Å². The first kappa shape index (κ1) is 22.1. The minimum Gasteiger partial charge on any atom is -0.375 e. The SMILES string of the molecule is CCN=C(NC1CC1c1ccccc1)N(C)Cc1csc(C(C)OC)n1.I. The second-order valence-corrected chi connectivity index (χ2v) is 7.60. The number of nitrogens with zero attached hydrogens (tertiary/aromatic N) is 3. The summed E-state index contributed by atoms with van der Waals surface area (Å²) >= 11 is 1.65. The molecule has 7 heteroatoms. The van der Waals surface area contributed by atoms with Crippen molar-refractivity contribution >= 4 is 41.3 Å². The summed E-state index contributed by atoms with van der Waals surface area (Å²) in [7, 11) is 3.78. The number of methoxy groups -OCH3 is 1. The predicted molar refractivity (Wildman–Crippen MR) is 123 cm³/mol. The number of guanidine groups is 1. The van der Waals surface area contributed by atoms with E-state index >= 15 is 0 Å². The zero-order valence-corrected chi connectivity index (χ0v) is 19.5. The normalized spacial score (nSPS) is 19.9. The van der Waals surface area contributed by atoms with E-state index in [1.165, 1.54) is 5.56 Å². The van der Waals surface area contributed by atoms with E-state index in [0.717, 1.165) is 36.2 Å². The molecule has 1 N–H and O–H groups in total. The third kappa shape index (κ3) is 5.89. The number of hydrogen-bond acceptors (Lipinski definition) is 4. The van der Waals surface area contributed by atoms with Crippen LogP contribution in [-0.4, -0.2) is 42.6 Å². The second kappa shape index (κ2) is 10.4. The van der Waals surface area contributed by atoms with Gasteiger partial charge in [-0.05, 0) is 25.8 Å². The summed E-state index contributed by atoms with van der Waals surface area (Å²) in [6.07, 6.45) is 1.20. The van der Waals surface area contributed by atoms with Crippen LogP contribution >= 0.6 is 35.3 Å². The van der Waals surface area contributed by atoms with Gasteiger partial charge in [-0.15, -0.1) is 35.3 Å². The molecule has 1 aromatic heterocycles. The molecule has 1 aliphatic carbocycles. The molecule has 3 atom stereocenters. The topological polar surface area (TPSA) is 49.8 Å². The van der Waals surface area contributed by atoms with Crippen LogP contribution in [0, 0.1) is 0 Å². The van der Waals surface area contributed by atoms with Gasteiger partial charge in [-0.3, -0.25) is 4.99 Å². The third-order valence-electron chi connectivity index (χ3n) is 4.67. The van der Waals surface area contributed by atoms with E-state index in [4.69, 9.17) is 4.74 Å². The summed E-state index contributed by atoms with van der Waals surface area (Å²) in [5.41, 5.74) is 2.46. The van der Waals surface area contributed by atoms with Crippen molar-refractivity contribution in [1.29, 1.82) is 0 Å². The quantitative estimate of drug-likeness (QED) is 0.348. The van der Waals surface area contributed by atoms with Crippen molar-refractivity contribution < 1.29 is 4.74 Å². The van der Waals surface area contributed by atoms with E-state index in [1.54, 1.807) is 18.4 Å². The lowest BCUT2D eigenvalue weighted by atomic mass is 10.1. The zero-order chi connectivity index (χ0) is 18.5. The summed E-state index contributed by atoms with van der Waals surface area (Å²) < 4.78 is 5.35. The van der Waals surface area contributed by atoms with Crippen LogP contribution in [0.5, 0.6) is 0 Å². The summed E-state index contributed by atoms with van der Waals surface area (Å²) in [6, 6.07) is 11.2. The summed E-state index contributed by atoms with van der Waals surface area (Å²) in [4.78, 5) is 11.5. The van der Waals surface area contributed by atoms with E-state index in [2.05, 4.69) is 69.9 Å². The predicted octanol–water partition coefficient (Wildman–Crippen LogP) is 4.42. The standard InChI is InChI=1S/C20H28N4OS.HI/c1-5-21-20(23-18-11-17(18)15-9-7-6-8-10-15)24(3)12-16-13-26-19(22-16)14(2)25-4;/h6-10,13-14,17-18H,5,11-12H2,1-4H3,(H,21,23);1H. The van der Waals surface area contributed by atoms with E-state index in [9.17, 15) is 0 Å². The summed E-state index contributed by atoms with van der Waals surface area (Å²) in [5, 5.41) is 6.75. The first-order chi connectivity index (χ1) is 12.6. The maximum Gasteiger partial charge on any atom is 0.194 e. The number of nitrogens with one attached hydrogen (secondary N) is 1. The van der Waals surface area contributed by atoms with E-state index in [-0.39, 0.29) is 30.1 Å². The fourth-order valence-corrected chi connectivity index (χ4v) is 3.86. The van der Waals surface area contributed by atoms with Gasteiger partial charge in [0.1, 0.15) is 11.1 Å². The van der Waals surface area contributed by atoms with Crippen LogP contribution in [0.3, 0.4) is 0 Å². The van der Waals surface area contributed by atoms with Gasteiger partial charge in [-0.2, -0.15) is 0 Å². The van der Waals surface area contributed by atoms with Crippen LogP contribution in [-0.2, 0) is 11.3 Å². The van der Waals surface area contributed by atoms with Crippen molar-refractivity contribution in [3.05, 3.63) is 52.0 Å². The lowest BCUT2D eigenvalue weighted by Gasteiger charge is -2.22. The van der Waals surface area contributed by atoms with Crippen LogP contribution in [0.4, 0.5) is 0 Å². The largest absolute Gasteiger partial charge is 0.375 e. The van der Waals surface area contributed by atoms with Crippen LogP contribution < -0.4 is 5.32 Å². The fourth-order valence-electron chi connectivity index (χ4n) is 3.02. The maximum absolute atomic E-state index is 5.35. The van der Waals surface area contributed by atoms with Crippen molar-refractivity contribution in [1.82, 2.24) is 15.2 Å². The molecular weight excluding hydrogens is 471 g/mol. The van der Waals surface area contributed by atoms with Crippen LogP contribution in [0.25, 0.3) is 0 Å². The van der Waals surface area contributed by atoms with Crippen molar-refractivity contribution in [2.24, 2.45) is 4.99 Å². The Morgan fingerprint density at radius 3 is 2.81 bits per heavy atom. The molecule has 3 rings (SSSR count). The highest BCUT2D eigenvalue weighted by Gasteiger charge is 2.39. The first-order valence-corrected chi connectivity index (χ1v) is 10.0. The van der Waals surface area contributed by atoms with Gasteiger partial charge < -0.3 is 15.0 Å². The molecule has 3 unspecified atom stereocenters. The smallest absolute Gasteiger partial charge is 0.194 e. The maximum atomic E-state index is 5.35. The van der Waals surface area contributed by atoms with Gasteiger partial charge in [0.2, 0.25) is 0 Å². The zero-order valence-electron chi connectivity index (χ0n) is 16.4. The highest BCUT2D eigenvalue weighted by atomic mass is 127. The van der Waals surface area contributed by atoms with Crippen LogP contribution in [0.15, 0.2) is 40.7 Å². The Hall–Kier alpha value is -1.19. The van der Waals surface area contributed by atoms with Gasteiger partial charge in [0.25, 0.3) is 0 Å². The van der Waals surface area contributed by atoms with Gasteiger partial charge in [0.05, 0.1) is 12.2 Å². The minimum absolute atomic E-state index is 0. The molecule has 0 spiro atoms. The van der Waals surface area contributed by atoms with Gasteiger partial charge in [-0.1, -0.05) is 30.3 Å². The number of ether oxygens (including phenoxy) is 1. The number of benzene rings is 1. The van der Waals surface area contributed by atoms with Gasteiger partial charge in [-0.25, -0.2) is 4.98 Å². The Kier molecular flexibility index (Phi) is 8.50.